The van der Waals surface area contributed by atoms with Crippen molar-refractivity contribution in [3.8, 4) is 5.75 Å². The zero-order valence-corrected chi connectivity index (χ0v) is 13.2. The number of rotatable bonds is 11. The minimum absolute atomic E-state index is 0.570. The maximum atomic E-state index is 5.96. The summed E-state index contributed by atoms with van der Waals surface area (Å²) in [6.07, 6.45) is 4.97. The molecule has 1 N–H and O–H groups in total. The monoisotopic (exact) mass is 277 g/mol. The third-order valence-electron chi connectivity index (χ3n) is 3.35. The molecule has 0 radical (unpaired) electrons. The fraction of sp³-hybridized carbons (Fsp3) is 0.625. The first-order chi connectivity index (χ1) is 9.80. The molecule has 4 heteroatoms. The smallest absolute Gasteiger partial charge is 0.360 e. The van der Waals surface area contributed by atoms with E-state index in [4.69, 9.17) is 9.39 Å². The van der Waals surface area contributed by atoms with Crippen LogP contribution in [-0.2, 0) is 11.2 Å². The van der Waals surface area contributed by atoms with Gasteiger partial charge < -0.3 is 14.6 Å². The van der Waals surface area contributed by atoms with Gasteiger partial charge in [-0.2, -0.15) is 0 Å². The normalized spacial score (nSPS) is 10.8. The molecule has 20 heavy (non-hydrogen) atoms. The standard InChI is InChI=1S/C16H28BNO2/c1-4-7-14(8-5-2)13-20-16-10-6-9-15(11-16)12-18-17-19-3/h6,9-11,14,17-18H,4-5,7-8,12-13H2,1-3H3. The Morgan fingerprint density at radius 3 is 2.60 bits per heavy atom. The van der Waals surface area contributed by atoms with Crippen molar-refractivity contribution >= 4 is 7.62 Å². The summed E-state index contributed by atoms with van der Waals surface area (Å²) in [7, 11) is 2.26. The van der Waals surface area contributed by atoms with Gasteiger partial charge >= 0.3 is 7.62 Å². The van der Waals surface area contributed by atoms with E-state index in [0.717, 1.165) is 18.9 Å². The van der Waals surface area contributed by atoms with Crippen LogP contribution < -0.4 is 9.96 Å². The summed E-state index contributed by atoms with van der Waals surface area (Å²) in [5.41, 5.74) is 1.22. The van der Waals surface area contributed by atoms with Gasteiger partial charge in [-0.25, -0.2) is 0 Å². The quantitative estimate of drug-likeness (QED) is 0.497. The average Bonchev–Trinajstić information content (AvgIpc) is 2.46. The molecule has 0 fully saturated rings. The van der Waals surface area contributed by atoms with Crippen LogP contribution in [0.3, 0.4) is 0 Å². The van der Waals surface area contributed by atoms with Crippen LogP contribution in [0.2, 0.25) is 0 Å². The van der Waals surface area contributed by atoms with Gasteiger partial charge in [0.15, 0.2) is 0 Å². The molecule has 0 aliphatic carbocycles. The highest BCUT2D eigenvalue weighted by atomic mass is 16.5. The zero-order valence-electron chi connectivity index (χ0n) is 13.2. The van der Waals surface area contributed by atoms with Crippen LogP contribution in [0.5, 0.6) is 5.75 Å². The summed E-state index contributed by atoms with van der Waals surface area (Å²) in [5, 5.41) is 3.21. The number of ether oxygens (including phenoxy) is 1. The first-order valence-corrected chi connectivity index (χ1v) is 7.71. The van der Waals surface area contributed by atoms with Crippen LogP contribution in [0, 0.1) is 5.92 Å². The van der Waals surface area contributed by atoms with Crippen molar-refractivity contribution in [2.45, 2.75) is 46.1 Å². The van der Waals surface area contributed by atoms with E-state index < -0.39 is 0 Å². The SMILES string of the molecule is CCCC(CCC)COc1cccc(CNBOC)c1. The first kappa shape index (κ1) is 17.1. The van der Waals surface area contributed by atoms with Crippen LogP contribution in [0.15, 0.2) is 24.3 Å². The van der Waals surface area contributed by atoms with Crippen LogP contribution in [0.1, 0.15) is 45.1 Å². The van der Waals surface area contributed by atoms with Crippen molar-refractivity contribution < 1.29 is 9.39 Å². The van der Waals surface area contributed by atoms with E-state index in [2.05, 4.69) is 31.2 Å². The summed E-state index contributed by atoms with van der Waals surface area (Å²) < 4.78 is 10.9. The molecule has 0 spiro atoms. The van der Waals surface area contributed by atoms with Crippen molar-refractivity contribution in [1.29, 1.82) is 0 Å². The Bertz CT molecular complexity index is 354. The van der Waals surface area contributed by atoms with Crippen LogP contribution in [-0.4, -0.2) is 21.3 Å². The summed E-state index contributed by atoms with van der Waals surface area (Å²) in [6, 6.07) is 8.30. The van der Waals surface area contributed by atoms with Gasteiger partial charge in [0, 0.05) is 13.7 Å². The molecule has 3 nitrogen and oxygen atoms in total. The third-order valence-corrected chi connectivity index (χ3v) is 3.35. The van der Waals surface area contributed by atoms with E-state index in [1.807, 2.05) is 12.1 Å². The number of nitrogens with one attached hydrogen (secondary N) is 1. The minimum atomic E-state index is 0.570. The topological polar surface area (TPSA) is 30.5 Å². The Morgan fingerprint density at radius 2 is 1.95 bits per heavy atom. The van der Waals surface area contributed by atoms with E-state index in [1.165, 1.54) is 31.2 Å². The summed E-state index contributed by atoms with van der Waals surface area (Å²) in [5.74, 6) is 1.65. The van der Waals surface area contributed by atoms with Gasteiger partial charge in [0.05, 0.1) is 6.61 Å². The molecule has 1 rings (SSSR count). The first-order valence-electron chi connectivity index (χ1n) is 7.71. The lowest BCUT2D eigenvalue weighted by Crippen LogP contribution is -2.20. The van der Waals surface area contributed by atoms with Crippen molar-refractivity contribution in [1.82, 2.24) is 5.23 Å². The summed E-state index contributed by atoms with van der Waals surface area (Å²) in [4.78, 5) is 0. The van der Waals surface area contributed by atoms with E-state index in [0.29, 0.717) is 13.5 Å². The molecular formula is C16H28BNO2. The predicted molar refractivity (Wildman–Crippen MR) is 86.2 cm³/mol. The van der Waals surface area contributed by atoms with Gasteiger partial charge in [-0.3, -0.25) is 0 Å². The van der Waals surface area contributed by atoms with Crippen molar-refractivity contribution in [2.24, 2.45) is 5.92 Å². The van der Waals surface area contributed by atoms with E-state index >= 15 is 0 Å². The highest BCUT2D eigenvalue weighted by molar-refractivity contribution is 6.23. The maximum absolute atomic E-state index is 5.96. The Morgan fingerprint density at radius 1 is 1.20 bits per heavy atom. The van der Waals surface area contributed by atoms with E-state index in [1.54, 1.807) is 7.11 Å². The summed E-state index contributed by atoms with van der Waals surface area (Å²) >= 11 is 0. The highest BCUT2D eigenvalue weighted by Crippen LogP contribution is 2.18. The molecule has 0 unspecified atom stereocenters. The minimum Gasteiger partial charge on any atom is -0.493 e. The molecule has 0 amide bonds. The van der Waals surface area contributed by atoms with E-state index in [-0.39, 0.29) is 0 Å². The largest absolute Gasteiger partial charge is 0.493 e. The van der Waals surface area contributed by atoms with Gasteiger partial charge in [0.25, 0.3) is 0 Å². The van der Waals surface area contributed by atoms with Gasteiger partial charge in [0.1, 0.15) is 5.75 Å². The molecular weight excluding hydrogens is 249 g/mol. The molecule has 0 aromatic heterocycles. The Labute approximate surface area is 124 Å². The predicted octanol–water partition coefficient (Wildman–Crippen LogP) is 3.28. The Balaban J connectivity index is 2.43. The second kappa shape index (κ2) is 10.8. The molecule has 0 atom stereocenters. The average molecular weight is 277 g/mol. The highest BCUT2D eigenvalue weighted by Gasteiger charge is 2.08. The lowest BCUT2D eigenvalue weighted by atomic mass is 9.99. The molecule has 0 aliphatic heterocycles. The van der Waals surface area contributed by atoms with Crippen LogP contribution >= 0.6 is 0 Å². The second-order valence-corrected chi connectivity index (χ2v) is 5.26. The molecule has 0 heterocycles. The molecule has 1 aromatic rings. The lowest BCUT2D eigenvalue weighted by molar-refractivity contribution is 0.229. The lowest BCUT2D eigenvalue weighted by Gasteiger charge is -2.16. The fourth-order valence-electron chi connectivity index (χ4n) is 2.38. The zero-order chi connectivity index (χ0) is 14.6. The fourth-order valence-corrected chi connectivity index (χ4v) is 2.38. The summed E-state index contributed by atoms with van der Waals surface area (Å²) in [6.45, 7) is 6.12. The molecule has 0 saturated carbocycles. The molecule has 1 aromatic carbocycles. The van der Waals surface area contributed by atoms with E-state index in [9.17, 15) is 0 Å². The number of hydrogen-bond acceptors (Lipinski definition) is 3. The molecule has 0 aliphatic rings. The van der Waals surface area contributed by atoms with Crippen molar-refractivity contribution in [2.75, 3.05) is 13.7 Å². The van der Waals surface area contributed by atoms with Crippen molar-refractivity contribution in [3.63, 3.8) is 0 Å². The van der Waals surface area contributed by atoms with Gasteiger partial charge in [-0.1, -0.05) is 38.8 Å². The molecule has 0 bridgehead atoms. The van der Waals surface area contributed by atoms with Gasteiger partial charge in [0.2, 0.25) is 0 Å². The Kier molecular flexibility index (Phi) is 9.17. The van der Waals surface area contributed by atoms with Crippen LogP contribution in [0.25, 0.3) is 0 Å². The van der Waals surface area contributed by atoms with Gasteiger partial charge in [-0.05, 0) is 36.5 Å². The maximum Gasteiger partial charge on any atom is 0.360 e. The number of benzene rings is 1. The van der Waals surface area contributed by atoms with Gasteiger partial charge in [-0.15, -0.1) is 0 Å². The molecule has 112 valence electrons. The number of hydrogen-bond donors (Lipinski definition) is 1. The molecule has 0 saturated heterocycles. The second-order valence-electron chi connectivity index (χ2n) is 5.26. The van der Waals surface area contributed by atoms with Crippen molar-refractivity contribution in [3.05, 3.63) is 29.8 Å². The van der Waals surface area contributed by atoms with Crippen LogP contribution in [0.4, 0.5) is 0 Å². The third kappa shape index (κ3) is 6.97. The Hall–Kier alpha value is -0.995.